The summed E-state index contributed by atoms with van der Waals surface area (Å²) in [4.78, 5) is 53.2. The Morgan fingerprint density at radius 3 is 1.59 bits per heavy atom. The lowest BCUT2D eigenvalue weighted by atomic mass is 9.79. The van der Waals surface area contributed by atoms with Gasteiger partial charge in [-0.2, -0.15) is 0 Å². The first kappa shape index (κ1) is 31.5. The zero-order chi connectivity index (χ0) is 29.2. The van der Waals surface area contributed by atoms with Gasteiger partial charge in [0.25, 0.3) is 5.60 Å². The first-order valence-electron chi connectivity index (χ1n) is 13.0. The van der Waals surface area contributed by atoms with E-state index in [4.69, 9.17) is 9.47 Å². The summed E-state index contributed by atoms with van der Waals surface area (Å²) in [6.45, 7) is 8.40. The Kier molecular flexibility index (Phi) is 11.2. The lowest BCUT2D eigenvalue weighted by Crippen LogP contribution is -2.62. The van der Waals surface area contributed by atoms with Gasteiger partial charge >= 0.3 is 11.9 Å². The number of hydrogen-bond donors (Lipinski definition) is 3. The summed E-state index contributed by atoms with van der Waals surface area (Å²) in [5.41, 5.74) is -2.42. The molecule has 0 aliphatic carbocycles. The van der Waals surface area contributed by atoms with Crippen LogP contribution in [0.5, 0.6) is 0 Å². The molecule has 2 atom stereocenters. The first-order valence-corrected chi connectivity index (χ1v) is 13.0. The van der Waals surface area contributed by atoms with Crippen molar-refractivity contribution in [2.45, 2.75) is 65.9 Å². The van der Waals surface area contributed by atoms with Gasteiger partial charge < -0.3 is 25.2 Å². The molecule has 39 heavy (non-hydrogen) atoms. The molecule has 0 aliphatic heterocycles. The highest BCUT2D eigenvalue weighted by molar-refractivity contribution is 6.08. The molecule has 0 spiro atoms. The highest BCUT2D eigenvalue weighted by Gasteiger charge is 2.57. The minimum Gasteiger partial charge on any atom is -0.458 e. The molecule has 9 nitrogen and oxygen atoms in total. The molecular formula is C30H40N2O7. The fourth-order valence-electron chi connectivity index (χ4n) is 4.04. The number of aliphatic hydroxyl groups is 1. The van der Waals surface area contributed by atoms with Crippen LogP contribution in [0.4, 0.5) is 0 Å². The Labute approximate surface area is 230 Å². The zero-order valence-corrected chi connectivity index (χ0v) is 23.5. The SMILES string of the molecule is CNC(=O)[C@H](NC(=O)[C@@H](CC(C)C)C(O)(C(=O)OCc1ccccc1)C(=O)OCc1ccccc1)C(C)(C)C. The number of esters is 2. The van der Waals surface area contributed by atoms with Crippen molar-refractivity contribution >= 4 is 23.8 Å². The van der Waals surface area contributed by atoms with E-state index >= 15 is 0 Å². The van der Waals surface area contributed by atoms with E-state index in [2.05, 4.69) is 10.6 Å². The van der Waals surface area contributed by atoms with Gasteiger partial charge in [0.05, 0.1) is 5.92 Å². The van der Waals surface area contributed by atoms with Gasteiger partial charge in [-0.05, 0) is 28.9 Å². The average Bonchev–Trinajstić information content (AvgIpc) is 2.91. The fraction of sp³-hybridized carbons (Fsp3) is 0.467. The summed E-state index contributed by atoms with van der Waals surface area (Å²) in [5.74, 6) is -5.73. The van der Waals surface area contributed by atoms with Crippen molar-refractivity contribution in [3.8, 4) is 0 Å². The molecule has 0 unspecified atom stereocenters. The molecule has 3 N–H and O–H groups in total. The van der Waals surface area contributed by atoms with Crippen LogP contribution in [-0.4, -0.2) is 47.6 Å². The maximum absolute atomic E-state index is 13.7. The average molecular weight is 541 g/mol. The molecule has 0 saturated heterocycles. The number of hydrogen-bond acceptors (Lipinski definition) is 7. The summed E-state index contributed by atoms with van der Waals surface area (Å²) in [7, 11) is 1.44. The fourth-order valence-corrected chi connectivity index (χ4v) is 4.04. The summed E-state index contributed by atoms with van der Waals surface area (Å²) in [6.07, 6.45) is -0.0617. The molecule has 9 heteroatoms. The van der Waals surface area contributed by atoms with Crippen LogP contribution in [0.2, 0.25) is 0 Å². The zero-order valence-electron chi connectivity index (χ0n) is 23.5. The third-order valence-corrected chi connectivity index (χ3v) is 6.24. The second-order valence-corrected chi connectivity index (χ2v) is 11.0. The number of carbonyl (C=O) groups is 4. The van der Waals surface area contributed by atoms with Crippen molar-refractivity contribution < 1.29 is 33.8 Å². The number of benzene rings is 2. The van der Waals surface area contributed by atoms with Crippen LogP contribution < -0.4 is 10.6 Å². The quantitative estimate of drug-likeness (QED) is 0.278. The lowest BCUT2D eigenvalue weighted by molar-refractivity contribution is -0.195. The summed E-state index contributed by atoms with van der Waals surface area (Å²) < 4.78 is 10.7. The molecule has 0 aromatic heterocycles. The van der Waals surface area contributed by atoms with E-state index in [9.17, 15) is 24.3 Å². The molecule has 0 bridgehead atoms. The smallest absolute Gasteiger partial charge is 0.351 e. The number of ether oxygens (including phenoxy) is 2. The van der Waals surface area contributed by atoms with Crippen LogP contribution in [0.15, 0.2) is 60.7 Å². The molecule has 0 saturated carbocycles. The molecule has 0 radical (unpaired) electrons. The van der Waals surface area contributed by atoms with Gasteiger partial charge in [-0.15, -0.1) is 0 Å². The molecule has 0 heterocycles. The Morgan fingerprint density at radius 2 is 1.23 bits per heavy atom. The summed E-state index contributed by atoms with van der Waals surface area (Å²) in [6, 6.07) is 16.5. The van der Waals surface area contributed by atoms with Gasteiger partial charge in [0.2, 0.25) is 11.8 Å². The minimum absolute atomic E-state index is 0.0617. The first-order chi connectivity index (χ1) is 18.3. The highest BCUT2D eigenvalue weighted by atomic mass is 16.6. The largest absolute Gasteiger partial charge is 0.458 e. The predicted molar refractivity (Wildman–Crippen MR) is 146 cm³/mol. The monoisotopic (exact) mass is 540 g/mol. The molecule has 2 amide bonds. The highest BCUT2D eigenvalue weighted by Crippen LogP contribution is 2.30. The van der Waals surface area contributed by atoms with E-state index in [0.717, 1.165) is 0 Å². The van der Waals surface area contributed by atoms with Gasteiger partial charge in [-0.3, -0.25) is 9.59 Å². The maximum Gasteiger partial charge on any atom is 0.351 e. The van der Waals surface area contributed by atoms with Gasteiger partial charge in [0.15, 0.2) is 0 Å². The third kappa shape index (κ3) is 8.64. The van der Waals surface area contributed by atoms with E-state index in [1.54, 1.807) is 95.3 Å². The number of amides is 2. The van der Waals surface area contributed by atoms with Crippen LogP contribution in [-0.2, 0) is 41.9 Å². The van der Waals surface area contributed by atoms with Crippen LogP contribution in [0, 0.1) is 17.3 Å². The van der Waals surface area contributed by atoms with Crippen molar-refractivity contribution in [3.05, 3.63) is 71.8 Å². The molecular weight excluding hydrogens is 500 g/mol. The molecule has 2 rings (SSSR count). The third-order valence-electron chi connectivity index (χ3n) is 6.24. The van der Waals surface area contributed by atoms with Crippen molar-refractivity contribution in [2.75, 3.05) is 7.05 Å². The van der Waals surface area contributed by atoms with E-state index in [0.29, 0.717) is 11.1 Å². The molecule has 0 aliphatic rings. The summed E-state index contributed by atoms with van der Waals surface area (Å²) >= 11 is 0. The minimum atomic E-state index is -2.97. The van der Waals surface area contributed by atoms with Crippen LogP contribution in [0.1, 0.15) is 52.2 Å². The van der Waals surface area contributed by atoms with E-state index in [1.165, 1.54) is 7.05 Å². The topological polar surface area (TPSA) is 131 Å². The Balaban J connectivity index is 2.46. The van der Waals surface area contributed by atoms with Gasteiger partial charge in [-0.25, -0.2) is 9.59 Å². The van der Waals surface area contributed by atoms with Crippen molar-refractivity contribution in [1.29, 1.82) is 0 Å². The maximum atomic E-state index is 13.7. The van der Waals surface area contributed by atoms with Gasteiger partial charge in [0, 0.05) is 7.05 Å². The van der Waals surface area contributed by atoms with Crippen molar-refractivity contribution in [1.82, 2.24) is 10.6 Å². The Hall–Kier alpha value is -3.72. The predicted octanol–water partition coefficient (Wildman–Crippen LogP) is 3.14. The lowest BCUT2D eigenvalue weighted by Gasteiger charge is -2.35. The van der Waals surface area contributed by atoms with Crippen LogP contribution >= 0.6 is 0 Å². The van der Waals surface area contributed by atoms with Gasteiger partial charge in [0.1, 0.15) is 19.3 Å². The normalized spacial score (nSPS) is 13.2. The van der Waals surface area contributed by atoms with E-state index in [1.807, 2.05) is 0 Å². The van der Waals surface area contributed by atoms with Crippen molar-refractivity contribution in [2.24, 2.45) is 17.3 Å². The van der Waals surface area contributed by atoms with Crippen LogP contribution in [0.25, 0.3) is 0 Å². The Bertz CT molecular complexity index is 1060. The number of likely N-dealkylation sites (N-methyl/N-ethyl adjacent to an activating group) is 1. The van der Waals surface area contributed by atoms with Crippen LogP contribution in [0.3, 0.4) is 0 Å². The van der Waals surface area contributed by atoms with E-state index < -0.39 is 46.7 Å². The second kappa shape index (κ2) is 13.9. The number of carbonyl (C=O) groups excluding carboxylic acids is 4. The van der Waals surface area contributed by atoms with Gasteiger partial charge in [-0.1, -0.05) is 95.3 Å². The summed E-state index contributed by atoms with van der Waals surface area (Å²) in [5, 5.41) is 17.0. The number of nitrogens with one attached hydrogen (secondary N) is 2. The standard InChI is InChI=1S/C30H40N2O7/c1-20(2)17-23(25(33)32-24(26(34)31-6)29(3,4)5)30(37,27(35)38-18-21-13-9-7-10-14-21)28(36)39-19-22-15-11-8-12-16-22/h7-16,20,23-24,37H,17-19H2,1-6H3,(H,31,34)(H,32,33)/t23-,24+/m1/s1. The molecule has 0 fully saturated rings. The van der Waals surface area contributed by atoms with Crippen molar-refractivity contribution in [3.63, 3.8) is 0 Å². The second-order valence-electron chi connectivity index (χ2n) is 11.0. The van der Waals surface area contributed by atoms with E-state index in [-0.39, 0.29) is 25.6 Å². The molecule has 212 valence electrons. The Morgan fingerprint density at radius 1 is 0.795 bits per heavy atom. The molecule has 2 aromatic carbocycles. The molecule has 2 aromatic rings. The number of rotatable bonds is 12.